The molecule has 1 unspecified atom stereocenters. The van der Waals surface area contributed by atoms with Crippen LogP contribution < -0.4 is 15.2 Å². The normalized spacial score (nSPS) is 16.7. The van der Waals surface area contributed by atoms with Crippen molar-refractivity contribution in [2.24, 2.45) is 0 Å². The summed E-state index contributed by atoms with van der Waals surface area (Å²) in [5.74, 6) is 1.08. The molecule has 0 aliphatic carbocycles. The predicted octanol–water partition coefficient (Wildman–Crippen LogP) is 3.93. The van der Waals surface area contributed by atoms with Gasteiger partial charge < -0.3 is 24.8 Å². The molecule has 1 aromatic heterocycles. The quantitative estimate of drug-likeness (QED) is 0.849. The van der Waals surface area contributed by atoms with E-state index in [1.807, 2.05) is 45.0 Å². The van der Waals surface area contributed by atoms with Gasteiger partial charge in [-0.25, -0.2) is 4.79 Å². The van der Waals surface area contributed by atoms with Gasteiger partial charge in [-0.2, -0.15) is 9.97 Å². The van der Waals surface area contributed by atoms with Crippen LogP contribution in [-0.2, 0) is 4.74 Å². The van der Waals surface area contributed by atoms with E-state index in [0.717, 1.165) is 18.4 Å². The second kappa shape index (κ2) is 7.92. The second-order valence-electron chi connectivity index (χ2n) is 7.60. The first-order valence-corrected chi connectivity index (χ1v) is 9.20. The number of rotatable bonds is 4. The number of aromatic nitrogens is 2. The number of hydrogen-bond acceptors (Lipinski definition) is 7. The van der Waals surface area contributed by atoms with E-state index in [1.54, 1.807) is 4.90 Å². The summed E-state index contributed by atoms with van der Waals surface area (Å²) >= 11 is 0. The van der Waals surface area contributed by atoms with Crippen molar-refractivity contribution in [2.45, 2.75) is 45.3 Å². The Morgan fingerprint density at radius 3 is 2.50 bits per heavy atom. The fraction of sp³-hybridized carbons (Fsp3) is 0.450. The Balaban J connectivity index is 1.73. The Bertz CT molecular complexity index is 833. The predicted molar refractivity (Wildman–Crippen MR) is 104 cm³/mol. The van der Waals surface area contributed by atoms with Gasteiger partial charge in [0.15, 0.2) is 5.69 Å². The molecular formula is C20H26N4O4. The van der Waals surface area contributed by atoms with E-state index < -0.39 is 5.60 Å². The Hall–Kier alpha value is -3.03. The number of ether oxygens (including phenoxy) is 3. The van der Waals surface area contributed by atoms with Crippen molar-refractivity contribution < 1.29 is 19.0 Å². The molecule has 0 bridgehead atoms. The number of benzene rings is 1. The second-order valence-corrected chi connectivity index (χ2v) is 7.60. The highest BCUT2D eigenvalue weighted by atomic mass is 16.6. The average Bonchev–Trinajstić information content (AvgIpc) is 3.13. The fourth-order valence-corrected chi connectivity index (χ4v) is 3.13. The monoisotopic (exact) mass is 386 g/mol. The summed E-state index contributed by atoms with van der Waals surface area (Å²) in [6.45, 7) is 6.30. The van der Waals surface area contributed by atoms with E-state index in [0.29, 0.717) is 12.3 Å². The third kappa shape index (κ3) is 4.44. The Morgan fingerprint density at radius 2 is 1.86 bits per heavy atom. The van der Waals surface area contributed by atoms with Gasteiger partial charge in [-0.05, 0) is 51.3 Å². The highest BCUT2D eigenvalue weighted by Gasteiger charge is 2.33. The van der Waals surface area contributed by atoms with E-state index in [1.165, 1.54) is 13.4 Å². The number of likely N-dealkylation sites (tertiary alicyclic amines) is 1. The Morgan fingerprint density at radius 1 is 1.18 bits per heavy atom. The molecule has 150 valence electrons. The van der Waals surface area contributed by atoms with E-state index in [9.17, 15) is 4.79 Å². The molecule has 1 aromatic carbocycles. The standard InChI is InChI=1S/C20H26N4O4/c1-20(2,3)28-19(25)24-11-5-6-15(24)13-7-9-14(10-8-13)27-18-16(21)17(26-4)22-12-23-18/h7-10,12,15H,5-6,11,21H2,1-4H3. The van der Waals surface area contributed by atoms with Crippen LogP contribution in [0, 0.1) is 0 Å². The van der Waals surface area contributed by atoms with Gasteiger partial charge in [0.2, 0.25) is 11.8 Å². The number of carbonyl (C=O) groups excluding carboxylic acids is 1. The smallest absolute Gasteiger partial charge is 0.410 e. The molecule has 2 aromatic rings. The lowest BCUT2D eigenvalue weighted by atomic mass is 10.0. The maximum atomic E-state index is 12.5. The molecule has 8 heteroatoms. The van der Waals surface area contributed by atoms with Crippen molar-refractivity contribution in [2.75, 3.05) is 19.4 Å². The molecule has 1 fully saturated rings. The van der Waals surface area contributed by atoms with Gasteiger partial charge >= 0.3 is 6.09 Å². The molecule has 0 radical (unpaired) electrons. The largest absolute Gasteiger partial charge is 0.479 e. The van der Waals surface area contributed by atoms with Crippen molar-refractivity contribution in [3.8, 4) is 17.5 Å². The van der Waals surface area contributed by atoms with Gasteiger partial charge in [-0.3, -0.25) is 0 Å². The summed E-state index contributed by atoms with van der Waals surface area (Å²) in [6.07, 6.45) is 2.89. The maximum absolute atomic E-state index is 12.5. The van der Waals surface area contributed by atoms with Crippen LogP contribution in [-0.4, -0.2) is 40.2 Å². The zero-order valence-corrected chi connectivity index (χ0v) is 16.6. The number of nitrogens with two attached hydrogens (primary N) is 1. The summed E-state index contributed by atoms with van der Waals surface area (Å²) in [4.78, 5) is 22.2. The summed E-state index contributed by atoms with van der Waals surface area (Å²) in [6, 6.07) is 7.53. The lowest BCUT2D eigenvalue weighted by Crippen LogP contribution is -2.36. The Labute approximate surface area is 164 Å². The number of hydrogen-bond donors (Lipinski definition) is 1. The highest BCUT2D eigenvalue weighted by molar-refractivity contribution is 5.69. The minimum atomic E-state index is -0.513. The molecule has 28 heavy (non-hydrogen) atoms. The summed E-state index contributed by atoms with van der Waals surface area (Å²) in [5, 5.41) is 0. The van der Waals surface area contributed by atoms with Gasteiger partial charge in [0.1, 0.15) is 17.7 Å². The number of anilines is 1. The van der Waals surface area contributed by atoms with Crippen LogP contribution in [0.5, 0.6) is 17.5 Å². The first-order chi connectivity index (χ1) is 13.3. The van der Waals surface area contributed by atoms with Crippen LogP contribution in [0.2, 0.25) is 0 Å². The molecule has 2 N–H and O–H groups in total. The molecule has 3 rings (SSSR count). The lowest BCUT2D eigenvalue weighted by Gasteiger charge is -2.28. The number of amides is 1. The van der Waals surface area contributed by atoms with Crippen molar-refractivity contribution in [3.63, 3.8) is 0 Å². The molecule has 2 heterocycles. The van der Waals surface area contributed by atoms with Crippen LogP contribution in [0.3, 0.4) is 0 Å². The van der Waals surface area contributed by atoms with E-state index in [4.69, 9.17) is 19.9 Å². The van der Waals surface area contributed by atoms with Gasteiger partial charge in [0.05, 0.1) is 13.2 Å². The Kier molecular flexibility index (Phi) is 5.58. The third-order valence-electron chi connectivity index (χ3n) is 4.36. The lowest BCUT2D eigenvalue weighted by molar-refractivity contribution is 0.0224. The summed E-state index contributed by atoms with van der Waals surface area (Å²) in [5.41, 5.74) is 6.69. The number of nitrogen functional groups attached to an aromatic ring is 1. The molecule has 8 nitrogen and oxygen atoms in total. The van der Waals surface area contributed by atoms with Crippen LogP contribution in [0.1, 0.15) is 45.2 Å². The SMILES string of the molecule is COc1ncnc(Oc2ccc(C3CCCN3C(=O)OC(C)(C)C)cc2)c1N. The van der Waals surface area contributed by atoms with Crippen LogP contribution >= 0.6 is 0 Å². The van der Waals surface area contributed by atoms with Crippen molar-refractivity contribution in [1.82, 2.24) is 14.9 Å². The first kappa shape index (κ1) is 19.7. The summed E-state index contributed by atoms with van der Waals surface area (Å²) in [7, 11) is 1.48. The van der Waals surface area contributed by atoms with E-state index in [2.05, 4.69) is 9.97 Å². The van der Waals surface area contributed by atoms with Gasteiger partial charge in [0, 0.05) is 6.54 Å². The molecule has 0 spiro atoms. The maximum Gasteiger partial charge on any atom is 0.410 e. The minimum absolute atomic E-state index is 0.00638. The number of methoxy groups -OCH3 is 1. The zero-order valence-electron chi connectivity index (χ0n) is 16.6. The van der Waals surface area contributed by atoms with E-state index >= 15 is 0 Å². The average molecular weight is 386 g/mol. The molecule has 1 aliphatic rings. The van der Waals surface area contributed by atoms with Gasteiger partial charge in [-0.1, -0.05) is 12.1 Å². The molecule has 1 saturated heterocycles. The van der Waals surface area contributed by atoms with Gasteiger partial charge in [-0.15, -0.1) is 0 Å². The fourth-order valence-electron chi connectivity index (χ4n) is 3.13. The van der Waals surface area contributed by atoms with Crippen LogP contribution in [0.25, 0.3) is 0 Å². The molecular weight excluding hydrogens is 360 g/mol. The first-order valence-electron chi connectivity index (χ1n) is 9.20. The summed E-state index contributed by atoms with van der Waals surface area (Å²) < 4.78 is 16.4. The van der Waals surface area contributed by atoms with Crippen molar-refractivity contribution in [3.05, 3.63) is 36.2 Å². The molecule has 1 atom stereocenters. The number of carbonyl (C=O) groups is 1. The molecule has 1 amide bonds. The topological polar surface area (TPSA) is 99.8 Å². The minimum Gasteiger partial charge on any atom is -0.479 e. The molecule has 1 aliphatic heterocycles. The van der Waals surface area contributed by atoms with Crippen LogP contribution in [0.4, 0.5) is 10.5 Å². The highest BCUT2D eigenvalue weighted by Crippen LogP contribution is 2.35. The van der Waals surface area contributed by atoms with Crippen molar-refractivity contribution >= 4 is 11.8 Å². The third-order valence-corrected chi connectivity index (χ3v) is 4.36. The number of nitrogens with zero attached hydrogens (tertiary/aromatic N) is 3. The molecule has 0 saturated carbocycles. The van der Waals surface area contributed by atoms with Crippen molar-refractivity contribution in [1.29, 1.82) is 0 Å². The van der Waals surface area contributed by atoms with Gasteiger partial charge in [0.25, 0.3) is 0 Å². The zero-order chi connectivity index (χ0) is 20.3. The van der Waals surface area contributed by atoms with E-state index in [-0.39, 0.29) is 29.6 Å². The van der Waals surface area contributed by atoms with Crippen LogP contribution in [0.15, 0.2) is 30.6 Å².